The summed E-state index contributed by atoms with van der Waals surface area (Å²) in [5.74, 6) is 1.81. The number of carbonyl (C=O) groups excluding carboxylic acids is 1. The summed E-state index contributed by atoms with van der Waals surface area (Å²) < 4.78 is 5.23. The molecule has 6 heteroatoms. The number of methoxy groups -OCH3 is 1. The van der Waals surface area contributed by atoms with Gasteiger partial charge in [0.15, 0.2) is 0 Å². The molecule has 1 aliphatic rings. The zero-order valence-electron chi connectivity index (χ0n) is 14.7. The van der Waals surface area contributed by atoms with E-state index in [-0.39, 0.29) is 12.1 Å². The van der Waals surface area contributed by atoms with Crippen LogP contribution in [-0.4, -0.2) is 37.3 Å². The third kappa shape index (κ3) is 4.41. The Bertz CT molecular complexity index is 713. The predicted octanol–water partition coefficient (Wildman–Crippen LogP) is 3.19. The highest BCUT2D eigenvalue weighted by Crippen LogP contribution is 2.21. The minimum atomic E-state index is -0.166. The zero-order chi connectivity index (χ0) is 17.6. The molecule has 2 aromatic rings. The summed E-state index contributed by atoms with van der Waals surface area (Å²) in [6.07, 6.45) is 3.63. The summed E-state index contributed by atoms with van der Waals surface area (Å²) in [5.41, 5.74) is 1.76. The molecule has 0 radical (unpaired) electrons. The average molecular weight is 340 g/mol. The molecule has 2 N–H and O–H groups in total. The number of aryl methyl sites for hydroxylation is 1. The van der Waals surface area contributed by atoms with Crippen LogP contribution in [-0.2, 0) is 0 Å². The number of rotatable bonds is 4. The van der Waals surface area contributed by atoms with Crippen molar-refractivity contribution >= 4 is 17.5 Å². The molecule has 132 valence electrons. The number of pyridine rings is 1. The minimum absolute atomic E-state index is 0.166. The van der Waals surface area contributed by atoms with Crippen LogP contribution in [0.4, 0.5) is 16.3 Å². The van der Waals surface area contributed by atoms with E-state index < -0.39 is 0 Å². The smallest absolute Gasteiger partial charge is 0.319 e. The van der Waals surface area contributed by atoms with Crippen LogP contribution in [0.5, 0.6) is 5.75 Å². The first-order valence-corrected chi connectivity index (χ1v) is 8.54. The maximum absolute atomic E-state index is 12.2. The second-order valence-electron chi connectivity index (χ2n) is 6.23. The lowest BCUT2D eigenvalue weighted by Crippen LogP contribution is -2.46. The van der Waals surface area contributed by atoms with Gasteiger partial charge in [-0.3, -0.25) is 0 Å². The van der Waals surface area contributed by atoms with Gasteiger partial charge in [-0.2, -0.15) is 0 Å². The first kappa shape index (κ1) is 17.1. The van der Waals surface area contributed by atoms with E-state index in [1.54, 1.807) is 7.11 Å². The molecule has 0 aliphatic carbocycles. The summed E-state index contributed by atoms with van der Waals surface area (Å²) in [6.45, 7) is 3.74. The fourth-order valence-electron chi connectivity index (χ4n) is 3.10. The number of piperidine rings is 1. The van der Waals surface area contributed by atoms with Crippen LogP contribution < -0.4 is 20.3 Å². The summed E-state index contributed by atoms with van der Waals surface area (Å²) in [6, 6.07) is 11.6. The molecule has 6 nitrogen and oxygen atoms in total. The Morgan fingerprint density at radius 1 is 1.24 bits per heavy atom. The molecule has 0 saturated carbocycles. The van der Waals surface area contributed by atoms with Gasteiger partial charge in [-0.1, -0.05) is 6.07 Å². The molecule has 2 heterocycles. The van der Waals surface area contributed by atoms with E-state index in [1.807, 2.05) is 49.5 Å². The maximum Gasteiger partial charge on any atom is 0.319 e. The van der Waals surface area contributed by atoms with E-state index >= 15 is 0 Å². The van der Waals surface area contributed by atoms with Gasteiger partial charge in [0.25, 0.3) is 0 Å². The Hall–Kier alpha value is -2.76. The fraction of sp³-hybridized carbons (Fsp3) is 0.368. The van der Waals surface area contributed by atoms with Crippen LogP contribution in [0.2, 0.25) is 0 Å². The van der Waals surface area contributed by atoms with Crippen LogP contribution in [0.15, 0.2) is 42.6 Å². The van der Waals surface area contributed by atoms with Crippen molar-refractivity contribution in [2.45, 2.75) is 25.8 Å². The first-order chi connectivity index (χ1) is 12.2. The standard InChI is InChI=1S/C19H24N4O2/c1-14-13-16(6-7-17(14)25-2)22-19(24)21-15-8-11-23(12-9-15)18-5-3-4-10-20-18/h3-7,10,13,15H,8-9,11-12H2,1-2H3,(H2,21,22,24). The second-order valence-corrected chi connectivity index (χ2v) is 6.23. The molecule has 1 aromatic heterocycles. The molecular formula is C19H24N4O2. The molecule has 0 unspecified atom stereocenters. The average Bonchev–Trinajstić information content (AvgIpc) is 2.63. The highest BCUT2D eigenvalue weighted by atomic mass is 16.5. The van der Waals surface area contributed by atoms with Gasteiger partial charge in [-0.15, -0.1) is 0 Å². The van der Waals surface area contributed by atoms with Gasteiger partial charge in [-0.05, 0) is 55.7 Å². The van der Waals surface area contributed by atoms with Gasteiger partial charge >= 0.3 is 6.03 Å². The lowest BCUT2D eigenvalue weighted by Gasteiger charge is -2.33. The van der Waals surface area contributed by atoms with Gasteiger partial charge < -0.3 is 20.3 Å². The van der Waals surface area contributed by atoms with Crippen molar-refractivity contribution in [2.75, 3.05) is 30.4 Å². The van der Waals surface area contributed by atoms with E-state index in [0.29, 0.717) is 0 Å². The third-order valence-corrected chi connectivity index (χ3v) is 4.46. The number of benzene rings is 1. The first-order valence-electron chi connectivity index (χ1n) is 8.54. The third-order valence-electron chi connectivity index (χ3n) is 4.46. The van der Waals surface area contributed by atoms with Gasteiger partial charge in [0.05, 0.1) is 7.11 Å². The van der Waals surface area contributed by atoms with Crippen LogP contribution >= 0.6 is 0 Å². The van der Waals surface area contributed by atoms with Crippen molar-refractivity contribution in [3.63, 3.8) is 0 Å². The summed E-state index contributed by atoms with van der Waals surface area (Å²) in [4.78, 5) is 18.9. The van der Waals surface area contributed by atoms with Gasteiger partial charge in [0, 0.05) is 31.0 Å². The van der Waals surface area contributed by atoms with Crippen molar-refractivity contribution < 1.29 is 9.53 Å². The fourth-order valence-corrected chi connectivity index (χ4v) is 3.10. The quantitative estimate of drug-likeness (QED) is 0.897. The van der Waals surface area contributed by atoms with Gasteiger partial charge in [0.2, 0.25) is 0 Å². The number of ether oxygens (including phenoxy) is 1. The molecule has 1 saturated heterocycles. The van der Waals surface area contributed by atoms with Crippen LogP contribution in [0.3, 0.4) is 0 Å². The van der Waals surface area contributed by atoms with Gasteiger partial charge in [0.1, 0.15) is 11.6 Å². The summed E-state index contributed by atoms with van der Waals surface area (Å²) >= 11 is 0. The molecule has 1 aromatic carbocycles. The number of hydrogen-bond donors (Lipinski definition) is 2. The maximum atomic E-state index is 12.2. The number of hydrogen-bond acceptors (Lipinski definition) is 4. The number of aromatic nitrogens is 1. The number of nitrogens with one attached hydrogen (secondary N) is 2. The number of nitrogens with zero attached hydrogens (tertiary/aromatic N) is 2. The Morgan fingerprint density at radius 3 is 2.68 bits per heavy atom. The van der Waals surface area contributed by atoms with Crippen LogP contribution in [0, 0.1) is 6.92 Å². The monoisotopic (exact) mass is 340 g/mol. The normalized spacial score (nSPS) is 14.9. The topological polar surface area (TPSA) is 66.5 Å². The zero-order valence-corrected chi connectivity index (χ0v) is 14.7. The second kappa shape index (κ2) is 7.88. The Balaban J connectivity index is 1.49. The van der Waals surface area contributed by atoms with Crippen molar-refractivity contribution in [3.05, 3.63) is 48.2 Å². The van der Waals surface area contributed by atoms with Crippen molar-refractivity contribution in [1.29, 1.82) is 0 Å². The van der Waals surface area contributed by atoms with Crippen molar-refractivity contribution in [2.24, 2.45) is 0 Å². The molecular weight excluding hydrogens is 316 g/mol. The molecule has 0 spiro atoms. The molecule has 0 atom stereocenters. The van der Waals surface area contributed by atoms with E-state index in [2.05, 4.69) is 20.5 Å². The van der Waals surface area contributed by atoms with E-state index in [1.165, 1.54) is 0 Å². The lowest BCUT2D eigenvalue weighted by molar-refractivity contribution is 0.246. The Morgan fingerprint density at radius 2 is 2.04 bits per heavy atom. The number of anilines is 2. The number of urea groups is 1. The molecule has 1 aliphatic heterocycles. The van der Waals surface area contributed by atoms with E-state index in [9.17, 15) is 4.79 Å². The van der Waals surface area contributed by atoms with E-state index in [4.69, 9.17) is 4.74 Å². The molecule has 0 bridgehead atoms. The molecule has 3 rings (SSSR count). The van der Waals surface area contributed by atoms with Crippen molar-refractivity contribution in [1.82, 2.24) is 10.3 Å². The Kier molecular flexibility index (Phi) is 5.38. The number of carbonyl (C=O) groups is 1. The summed E-state index contributed by atoms with van der Waals surface area (Å²) in [5, 5.41) is 5.95. The van der Waals surface area contributed by atoms with Crippen LogP contribution in [0.25, 0.3) is 0 Å². The van der Waals surface area contributed by atoms with Crippen LogP contribution in [0.1, 0.15) is 18.4 Å². The van der Waals surface area contributed by atoms with Gasteiger partial charge in [-0.25, -0.2) is 9.78 Å². The minimum Gasteiger partial charge on any atom is -0.496 e. The SMILES string of the molecule is COc1ccc(NC(=O)NC2CCN(c3ccccn3)CC2)cc1C. The molecule has 2 amide bonds. The largest absolute Gasteiger partial charge is 0.496 e. The molecule has 1 fully saturated rings. The highest BCUT2D eigenvalue weighted by molar-refractivity contribution is 5.89. The molecule has 25 heavy (non-hydrogen) atoms. The van der Waals surface area contributed by atoms with E-state index in [0.717, 1.165) is 48.7 Å². The lowest BCUT2D eigenvalue weighted by atomic mass is 10.1. The summed E-state index contributed by atoms with van der Waals surface area (Å²) in [7, 11) is 1.64. The van der Waals surface area contributed by atoms with Crippen molar-refractivity contribution in [3.8, 4) is 5.75 Å². The highest BCUT2D eigenvalue weighted by Gasteiger charge is 2.21. The predicted molar refractivity (Wildman–Crippen MR) is 99.4 cm³/mol. The number of amides is 2. The Labute approximate surface area is 148 Å².